The second-order valence-corrected chi connectivity index (χ2v) is 5.39. The van der Waals surface area contributed by atoms with Gasteiger partial charge in [0.2, 0.25) is 0 Å². The summed E-state index contributed by atoms with van der Waals surface area (Å²) in [6.07, 6.45) is 2.27. The van der Waals surface area contributed by atoms with Crippen LogP contribution < -0.4 is 0 Å². The molecule has 0 bridgehead atoms. The molecule has 2 heterocycles. The van der Waals surface area contributed by atoms with E-state index in [1.807, 2.05) is 18.3 Å². The Labute approximate surface area is 113 Å². The maximum Gasteiger partial charge on any atom is 0.131 e. The van der Waals surface area contributed by atoms with Crippen molar-refractivity contribution in [1.29, 1.82) is 5.26 Å². The van der Waals surface area contributed by atoms with Gasteiger partial charge in [-0.1, -0.05) is 30.4 Å². The molecule has 0 spiro atoms. The van der Waals surface area contributed by atoms with Gasteiger partial charge in [-0.25, -0.2) is 0 Å². The first-order valence-electron chi connectivity index (χ1n) is 5.55. The lowest BCUT2D eigenvalue weighted by Crippen LogP contribution is -2.03. The van der Waals surface area contributed by atoms with E-state index in [-0.39, 0.29) is 0 Å². The first-order valence-corrected chi connectivity index (χ1v) is 6.78. The predicted molar refractivity (Wildman–Crippen MR) is 76.2 cm³/mol. The highest BCUT2D eigenvalue weighted by molar-refractivity contribution is 7.71. The zero-order valence-electron chi connectivity index (χ0n) is 9.46. The number of fused-ring (bicyclic) bond motifs is 3. The summed E-state index contributed by atoms with van der Waals surface area (Å²) < 4.78 is 4.79. The van der Waals surface area contributed by atoms with Crippen molar-refractivity contribution in [1.82, 2.24) is 9.78 Å². The van der Waals surface area contributed by atoms with Gasteiger partial charge in [-0.15, -0.1) is 11.3 Å². The Kier molecular flexibility index (Phi) is 2.82. The second-order valence-electron chi connectivity index (χ2n) is 3.92. The highest BCUT2D eigenvalue weighted by atomic mass is 32.1. The molecule has 5 heteroatoms. The zero-order chi connectivity index (χ0) is 12.5. The van der Waals surface area contributed by atoms with Crippen LogP contribution in [0.5, 0.6) is 0 Å². The maximum atomic E-state index is 8.64. The number of thiophene rings is 1. The monoisotopic (exact) mass is 271 g/mol. The molecule has 0 radical (unpaired) electrons. The van der Waals surface area contributed by atoms with Crippen LogP contribution in [0.3, 0.4) is 0 Å². The first-order chi connectivity index (χ1) is 8.81. The molecule has 0 atom stereocenters. The minimum absolute atomic E-state index is 0.425. The highest BCUT2D eigenvalue weighted by Crippen LogP contribution is 2.33. The SMILES string of the molecule is N#CCCn1ncc2sc3ccccc3c2c1=S. The van der Waals surface area contributed by atoms with Gasteiger partial charge < -0.3 is 0 Å². The van der Waals surface area contributed by atoms with Crippen LogP contribution in [0.1, 0.15) is 6.42 Å². The fourth-order valence-electron chi connectivity index (χ4n) is 1.99. The topological polar surface area (TPSA) is 41.6 Å². The molecule has 0 fully saturated rings. The van der Waals surface area contributed by atoms with Crippen LogP contribution in [-0.2, 0) is 6.54 Å². The van der Waals surface area contributed by atoms with Crippen molar-refractivity contribution in [3.8, 4) is 6.07 Å². The van der Waals surface area contributed by atoms with Crippen LogP contribution in [0.4, 0.5) is 0 Å². The molecule has 0 saturated heterocycles. The number of nitriles is 1. The van der Waals surface area contributed by atoms with Crippen molar-refractivity contribution in [2.24, 2.45) is 0 Å². The number of hydrogen-bond donors (Lipinski definition) is 0. The third-order valence-corrected chi connectivity index (χ3v) is 4.34. The lowest BCUT2D eigenvalue weighted by Gasteiger charge is -2.02. The Hall–Kier alpha value is -1.77. The summed E-state index contributed by atoms with van der Waals surface area (Å²) >= 11 is 7.19. The molecule has 0 aliphatic carbocycles. The van der Waals surface area contributed by atoms with E-state index in [2.05, 4.69) is 23.3 Å². The summed E-state index contributed by atoms with van der Waals surface area (Å²) in [5, 5.41) is 15.2. The Balaban J connectivity index is 2.33. The van der Waals surface area contributed by atoms with Gasteiger partial charge in [0.15, 0.2) is 0 Å². The van der Waals surface area contributed by atoms with Crippen LogP contribution >= 0.6 is 23.6 Å². The van der Waals surface area contributed by atoms with Crippen molar-refractivity contribution < 1.29 is 0 Å². The molecule has 0 aliphatic rings. The van der Waals surface area contributed by atoms with Gasteiger partial charge in [0.05, 0.1) is 29.9 Å². The largest absolute Gasteiger partial charge is 0.253 e. The molecule has 3 aromatic rings. The van der Waals surface area contributed by atoms with E-state index in [4.69, 9.17) is 17.5 Å². The van der Waals surface area contributed by atoms with E-state index < -0.39 is 0 Å². The number of aryl methyl sites for hydroxylation is 1. The molecule has 0 amide bonds. The van der Waals surface area contributed by atoms with Crippen molar-refractivity contribution in [2.75, 3.05) is 0 Å². The van der Waals surface area contributed by atoms with E-state index in [0.717, 1.165) is 14.7 Å². The van der Waals surface area contributed by atoms with Crippen LogP contribution in [0.25, 0.3) is 20.2 Å². The average molecular weight is 271 g/mol. The minimum Gasteiger partial charge on any atom is -0.253 e. The number of nitrogens with zero attached hydrogens (tertiary/aromatic N) is 3. The Morgan fingerprint density at radius 2 is 2.17 bits per heavy atom. The molecular weight excluding hydrogens is 262 g/mol. The quantitative estimate of drug-likeness (QED) is 0.664. The van der Waals surface area contributed by atoms with Crippen molar-refractivity contribution in [3.63, 3.8) is 0 Å². The highest BCUT2D eigenvalue weighted by Gasteiger charge is 2.08. The summed E-state index contributed by atoms with van der Waals surface area (Å²) in [6.45, 7) is 0.551. The van der Waals surface area contributed by atoms with Crippen LogP contribution in [0.2, 0.25) is 0 Å². The molecule has 0 N–H and O–H groups in total. The van der Waals surface area contributed by atoms with Crippen LogP contribution in [0, 0.1) is 16.0 Å². The van der Waals surface area contributed by atoms with Gasteiger partial charge in [-0.05, 0) is 6.07 Å². The Bertz CT molecular complexity index is 823. The molecule has 3 nitrogen and oxygen atoms in total. The third-order valence-electron chi connectivity index (χ3n) is 2.82. The van der Waals surface area contributed by atoms with Gasteiger partial charge in [0.25, 0.3) is 0 Å². The number of hydrogen-bond acceptors (Lipinski definition) is 4. The summed E-state index contributed by atoms with van der Waals surface area (Å²) in [6, 6.07) is 10.3. The fourth-order valence-corrected chi connectivity index (χ4v) is 3.49. The molecule has 0 saturated carbocycles. The first kappa shape index (κ1) is 11.3. The third kappa shape index (κ3) is 1.70. The number of benzene rings is 1. The Morgan fingerprint density at radius 3 is 3.00 bits per heavy atom. The molecule has 0 aliphatic heterocycles. The second kappa shape index (κ2) is 4.48. The molecule has 18 heavy (non-hydrogen) atoms. The van der Waals surface area contributed by atoms with Gasteiger partial charge in [-0.2, -0.15) is 10.4 Å². The predicted octanol–water partition coefficient (Wildman–Crippen LogP) is 3.89. The molecule has 0 unspecified atom stereocenters. The van der Waals surface area contributed by atoms with E-state index in [1.165, 1.54) is 10.1 Å². The normalized spacial score (nSPS) is 10.8. The van der Waals surface area contributed by atoms with Gasteiger partial charge in [0, 0.05) is 15.5 Å². The van der Waals surface area contributed by atoms with Crippen LogP contribution in [0.15, 0.2) is 30.5 Å². The standard InChI is InChI=1S/C13H9N3S2/c14-6-3-7-16-13(17)12-9-4-1-2-5-10(9)18-11(12)8-15-16/h1-2,4-5,8H,3,7H2. The van der Waals surface area contributed by atoms with Crippen molar-refractivity contribution in [2.45, 2.75) is 13.0 Å². The van der Waals surface area contributed by atoms with E-state index >= 15 is 0 Å². The lowest BCUT2D eigenvalue weighted by molar-refractivity contribution is 0.608. The van der Waals surface area contributed by atoms with Gasteiger partial charge in [0.1, 0.15) is 4.64 Å². The van der Waals surface area contributed by atoms with Crippen molar-refractivity contribution >= 4 is 43.7 Å². The summed E-state index contributed by atoms with van der Waals surface area (Å²) in [5.74, 6) is 0. The number of rotatable bonds is 2. The molecule has 3 rings (SSSR count). The minimum atomic E-state index is 0.425. The lowest BCUT2D eigenvalue weighted by atomic mass is 10.2. The zero-order valence-corrected chi connectivity index (χ0v) is 11.1. The molecular formula is C13H9N3S2. The summed E-state index contributed by atoms with van der Waals surface area (Å²) in [7, 11) is 0. The molecule has 1 aromatic carbocycles. The fraction of sp³-hybridized carbons (Fsp3) is 0.154. The Morgan fingerprint density at radius 1 is 1.33 bits per heavy atom. The summed E-state index contributed by atoms with van der Waals surface area (Å²) in [4.78, 5) is 0. The van der Waals surface area contributed by atoms with E-state index in [1.54, 1.807) is 16.0 Å². The molecule has 88 valence electrons. The molecule has 2 aromatic heterocycles. The van der Waals surface area contributed by atoms with Crippen molar-refractivity contribution in [3.05, 3.63) is 35.1 Å². The maximum absolute atomic E-state index is 8.64. The van der Waals surface area contributed by atoms with Crippen LogP contribution in [-0.4, -0.2) is 9.78 Å². The summed E-state index contributed by atoms with van der Waals surface area (Å²) in [5.41, 5.74) is 0. The smallest absolute Gasteiger partial charge is 0.131 e. The number of aromatic nitrogens is 2. The van der Waals surface area contributed by atoms with Gasteiger partial charge in [-0.3, -0.25) is 4.68 Å². The van der Waals surface area contributed by atoms with Gasteiger partial charge >= 0.3 is 0 Å². The van der Waals surface area contributed by atoms with E-state index in [0.29, 0.717) is 13.0 Å². The average Bonchev–Trinajstić information content (AvgIpc) is 2.77. The van der Waals surface area contributed by atoms with E-state index in [9.17, 15) is 0 Å².